The first-order valence-electron chi connectivity index (χ1n) is 9.60. The maximum atomic E-state index is 12.3. The molecular formula is C19H29N3O3S. The van der Waals surface area contributed by atoms with Gasteiger partial charge >= 0.3 is 0 Å². The number of sulfonamides is 1. The van der Waals surface area contributed by atoms with Gasteiger partial charge in [-0.05, 0) is 62.3 Å². The maximum absolute atomic E-state index is 12.3. The largest absolute Gasteiger partial charge is 0.326 e. The van der Waals surface area contributed by atoms with E-state index >= 15 is 0 Å². The molecule has 2 saturated heterocycles. The van der Waals surface area contributed by atoms with Crippen molar-refractivity contribution in [2.24, 2.45) is 5.92 Å². The predicted molar refractivity (Wildman–Crippen MR) is 105 cm³/mol. The van der Waals surface area contributed by atoms with E-state index in [0.29, 0.717) is 42.2 Å². The molecular weight excluding hydrogens is 350 g/mol. The van der Waals surface area contributed by atoms with Crippen LogP contribution in [0.1, 0.15) is 51.9 Å². The van der Waals surface area contributed by atoms with Gasteiger partial charge < -0.3 is 10.6 Å². The smallest absolute Gasteiger partial charge is 0.232 e. The van der Waals surface area contributed by atoms with E-state index in [0.717, 1.165) is 19.3 Å². The predicted octanol–water partition coefficient (Wildman–Crippen LogP) is 3.09. The standard InChI is InChI=1S/C19H29N3O3S/c1-2-3-10-26(24,25)22-16-6-4-15(5-7-16)21-19(23)13-14-11-17-8-9-18(12-14)20-17/h4-7,14,17-18,20,22H,2-3,8-13H2,1H3,(H,21,23). The lowest BCUT2D eigenvalue weighted by atomic mass is 9.89. The van der Waals surface area contributed by atoms with Crippen molar-refractivity contribution in [1.29, 1.82) is 0 Å². The fourth-order valence-corrected chi connectivity index (χ4v) is 5.27. The van der Waals surface area contributed by atoms with Gasteiger partial charge in [0.05, 0.1) is 5.75 Å². The molecule has 0 spiro atoms. The molecule has 0 radical (unpaired) electrons. The molecule has 7 heteroatoms. The number of carbonyl (C=O) groups excluding carboxylic acids is 1. The number of anilines is 2. The van der Waals surface area contributed by atoms with Crippen LogP contribution in [0.3, 0.4) is 0 Å². The van der Waals surface area contributed by atoms with Gasteiger partial charge in [0.2, 0.25) is 15.9 Å². The molecule has 2 bridgehead atoms. The molecule has 0 aromatic heterocycles. The van der Waals surface area contributed by atoms with E-state index in [4.69, 9.17) is 0 Å². The van der Waals surface area contributed by atoms with Crippen molar-refractivity contribution in [3.8, 4) is 0 Å². The Kier molecular flexibility index (Phi) is 6.19. The second kappa shape index (κ2) is 8.39. The average Bonchev–Trinajstić information content (AvgIpc) is 2.93. The number of carbonyl (C=O) groups is 1. The molecule has 3 N–H and O–H groups in total. The van der Waals surface area contributed by atoms with Gasteiger partial charge in [-0.1, -0.05) is 13.3 Å². The van der Waals surface area contributed by atoms with Crippen molar-refractivity contribution < 1.29 is 13.2 Å². The van der Waals surface area contributed by atoms with Crippen LogP contribution in [0.5, 0.6) is 0 Å². The third-order valence-electron chi connectivity index (χ3n) is 5.25. The lowest BCUT2D eigenvalue weighted by molar-refractivity contribution is -0.117. The monoisotopic (exact) mass is 379 g/mol. The third-order valence-corrected chi connectivity index (χ3v) is 6.63. The average molecular weight is 380 g/mol. The Morgan fingerprint density at radius 2 is 1.73 bits per heavy atom. The first-order chi connectivity index (χ1) is 12.4. The molecule has 2 aliphatic rings. The van der Waals surface area contributed by atoms with E-state index in [-0.39, 0.29) is 11.7 Å². The zero-order chi connectivity index (χ0) is 18.6. The zero-order valence-corrected chi connectivity index (χ0v) is 16.1. The minimum absolute atomic E-state index is 0.0348. The highest BCUT2D eigenvalue weighted by Gasteiger charge is 2.34. The van der Waals surface area contributed by atoms with E-state index in [1.54, 1.807) is 24.3 Å². The van der Waals surface area contributed by atoms with Gasteiger partial charge in [0.25, 0.3) is 0 Å². The van der Waals surface area contributed by atoms with Gasteiger partial charge in [-0.25, -0.2) is 8.42 Å². The van der Waals surface area contributed by atoms with Crippen molar-refractivity contribution in [3.05, 3.63) is 24.3 Å². The van der Waals surface area contributed by atoms with E-state index in [1.165, 1.54) is 12.8 Å². The Morgan fingerprint density at radius 3 is 2.35 bits per heavy atom. The third kappa shape index (κ3) is 5.45. The normalized spacial score (nSPS) is 25.0. The summed E-state index contributed by atoms with van der Waals surface area (Å²) in [6.07, 6.45) is 6.67. The highest BCUT2D eigenvalue weighted by Crippen LogP contribution is 2.32. The molecule has 2 heterocycles. The minimum Gasteiger partial charge on any atom is -0.326 e. The molecule has 1 aromatic carbocycles. The van der Waals surface area contributed by atoms with Crippen molar-refractivity contribution in [3.63, 3.8) is 0 Å². The summed E-state index contributed by atoms with van der Waals surface area (Å²) in [5, 5.41) is 6.52. The summed E-state index contributed by atoms with van der Waals surface area (Å²) in [7, 11) is -3.30. The van der Waals surface area contributed by atoms with E-state index in [9.17, 15) is 13.2 Å². The summed E-state index contributed by atoms with van der Waals surface area (Å²) < 4.78 is 26.4. The fourth-order valence-electron chi connectivity index (χ4n) is 4.00. The Labute approximate surface area is 156 Å². The summed E-state index contributed by atoms with van der Waals surface area (Å²) >= 11 is 0. The van der Waals surface area contributed by atoms with Crippen LogP contribution in [-0.2, 0) is 14.8 Å². The second-order valence-electron chi connectivity index (χ2n) is 7.58. The van der Waals surface area contributed by atoms with Crippen LogP contribution in [0.15, 0.2) is 24.3 Å². The first-order valence-corrected chi connectivity index (χ1v) is 11.2. The molecule has 1 amide bonds. The van der Waals surface area contributed by atoms with Crippen molar-refractivity contribution in [1.82, 2.24) is 5.32 Å². The zero-order valence-electron chi connectivity index (χ0n) is 15.3. The molecule has 2 fully saturated rings. The molecule has 1 aromatic rings. The Hall–Kier alpha value is -1.60. The van der Waals surface area contributed by atoms with E-state index in [1.807, 2.05) is 6.92 Å². The van der Waals surface area contributed by atoms with Crippen LogP contribution in [0.4, 0.5) is 11.4 Å². The lowest BCUT2D eigenvalue weighted by Gasteiger charge is -2.28. The minimum atomic E-state index is -3.30. The maximum Gasteiger partial charge on any atom is 0.232 e. The van der Waals surface area contributed by atoms with Crippen LogP contribution < -0.4 is 15.4 Å². The number of rotatable bonds is 8. The molecule has 0 aliphatic carbocycles. The second-order valence-corrected chi connectivity index (χ2v) is 9.42. The van der Waals surface area contributed by atoms with Crippen LogP contribution in [0.25, 0.3) is 0 Å². The molecule has 6 nitrogen and oxygen atoms in total. The lowest BCUT2D eigenvalue weighted by Crippen LogP contribution is -2.39. The van der Waals surface area contributed by atoms with Crippen molar-refractivity contribution >= 4 is 27.3 Å². The van der Waals surface area contributed by atoms with Gasteiger partial charge in [-0.15, -0.1) is 0 Å². The molecule has 2 aliphatic heterocycles. The molecule has 2 atom stereocenters. The summed E-state index contributed by atoms with van der Waals surface area (Å²) in [6, 6.07) is 8.02. The highest BCUT2D eigenvalue weighted by atomic mass is 32.2. The number of benzene rings is 1. The molecule has 144 valence electrons. The van der Waals surface area contributed by atoms with Crippen LogP contribution in [0, 0.1) is 5.92 Å². The van der Waals surface area contributed by atoms with E-state index in [2.05, 4.69) is 15.4 Å². The van der Waals surface area contributed by atoms with Gasteiger partial charge in [0, 0.05) is 29.9 Å². The number of piperidine rings is 1. The number of hydrogen-bond acceptors (Lipinski definition) is 4. The molecule has 26 heavy (non-hydrogen) atoms. The summed E-state index contributed by atoms with van der Waals surface area (Å²) in [5.41, 5.74) is 1.22. The Balaban J connectivity index is 1.48. The Bertz CT molecular complexity index is 706. The van der Waals surface area contributed by atoms with Crippen molar-refractivity contribution in [2.45, 2.75) is 64.0 Å². The number of hydrogen-bond donors (Lipinski definition) is 3. The number of unbranched alkanes of at least 4 members (excludes halogenated alkanes) is 1. The van der Waals surface area contributed by atoms with Gasteiger partial charge in [0.1, 0.15) is 0 Å². The molecule has 2 unspecified atom stereocenters. The summed E-state index contributed by atoms with van der Waals surface area (Å²) in [6.45, 7) is 1.96. The fraction of sp³-hybridized carbons (Fsp3) is 0.632. The Morgan fingerprint density at radius 1 is 1.12 bits per heavy atom. The quantitative estimate of drug-likeness (QED) is 0.648. The topological polar surface area (TPSA) is 87.3 Å². The van der Waals surface area contributed by atoms with Gasteiger partial charge in [-0.3, -0.25) is 9.52 Å². The molecule has 3 rings (SSSR count). The van der Waals surface area contributed by atoms with Crippen LogP contribution >= 0.6 is 0 Å². The highest BCUT2D eigenvalue weighted by molar-refractivity contribution is 7.92. The van der Waals surface area contributed by atoms with E-state index < -0.39 is 10.0 Å². The van der Waals surface area contributed by atoms with Crippen molar-refractivity contribution in [2.75, 3.05) is 15.8 Å². The van der Waals surface area contributed by atoms with Crippen LogP contribution in [0.2, 0.25) is 0 Å². The number of nitrogens with one attached hydrogen (secondary N) is 3. The number of amides is 1. The number of fused-ring (bicyclic) bond motifs is 2. The summed E-state index contributed by atoms with van der Waals surface area (Å²) in [4.78, 5) is 12.3. The van der Waals surface area contributed by atoms with Crippen LogP contribution in [-0.4, -0.2) is 32.2 Å². The van der Waals surface area contributed by atoms with Gasteiger partial charge in [-0.2, -0.15) is 0 Å². The first kappa shape index (κ1) is 19.2. The SMILES string of the molecule is CCCCS(=O)(=O)Nc1ccc(NC(=O)CC2CC3CCC(C2)N3)cc1. The van der Waals surface area contributed by atoms with Gasteiger partial charge in [0.15, 0.2) is 0 Å². The molecule has 0 saturated carbocycles. The summed E-state index contributed by atoms with van der Waals surface area (Å²) in [5.74, 6) is 0.617.